The Morgan fingerprint density at radius 3 is 2.31 bits per heavy atom. The molecule has 0 saturated carbocycles. The predicted octanol–water partition coefficient (Wildman–Crippen LogP) is 5.94. The highest BCUT2D eigenvalue weighted by Crippen LogP contribution is 2.34. The van der Waals surface area contributed by atoms with E-state index in [2.05, 4.69) is 5.10 Å². The van der Waals surface area contributed by atoms with E-state index < -0.39 is 5.24 Å². The van der Waals surface area contributed by atoms with Crippen LogP contribution >= 0.6 is 46.4 Å². The Balaban J connectivity index is 2.36. The number of halogens is 4. The lowest BCUT2D eigenvalue weighted by atomic mass is 10.0. The van der Waals surface area contributed by atoms with Gasteiger partial charge in [-0.25, -0.2) is 4.68 Å². The lowest BCUT2D eigenvalue weighted by molar-refractivity contribution is 0.107. The highest BCUT2D eigenvalue weighted by molar-refractivity contribution is 6.67. The van der Waals surface area contributed by atoms with E-state index in [1.165, 1.54) is 4.68 Å². The fourth-order valence-corrected chi connectivity index (χ4v) is 3.35. The van der Waals surface area contributed by atoms with Crippen molar-refractivity contribution in [2.75, 3.05) is 0 Å². The molecule has 26 heavy (non-hydrogen) atoms. The fraction of sp³-hybridized carbons (Fsp3) is 0.0556. The third kappa shape index (κ3) is 3.58. The molecule has 0 atom stereocenters. The van der Waals surface area contributed by atoms with Crippen molar-refractivity contribution in [3.63, 3.8) is 0 Å². The van der Waals surface area contributed by atoms with Crippen LogP contribution < -0.4 is 0 Å². The van der Waals surface area contributed by atoms with Gasteiger partial charge in [0.2, 0.25) is 0 Å². The van der Waals surface area contributed by atoms with Gasteiger partial charge in [-0.2, -0.15) is 10.4 Å². The summed E-state index contributed by atoms with van der Waals surface area (Å²) in [5.74, 6) is 0. The molecule has 0 aliphatic rings. The van der Waals surface area contributed by atoms with Gasteiger partial charge in [0.1, 0.15) is 5.69 Å². The first kappa shape index (κ1) is 18.8. The summed E-state index contributed by atoms with van der Waals surface area (Å²) in [7, 11) is 0. The SMILES string of the molecule is N#CCc1c(C(=O)Cl)nn(-c2ccc(Cl)cc2Cl)c1-c1ccc(Cl)cc1. The highest BCUT2D eigenvalue weighted by atomic mass is 35.5. The quantitative estimate of drug-likeness (QED) is 0.486. The normalized spacial score (nSPS) is 10.6. The summed E-state index contributed by atoms with van der Waals surface area (Å²) in [5.41, 5.74) is 2.17. The summed E-state index contributed by atoms with van der Waals surface area (Å²) < 4.78 is 1.49. The lowest BCUT2D eigenvalue weighted by Gasteiger charge is -2.11. The molecule has 0 aliphatic heterocycles. The van der Waals surface area contributed by atoms with E-state index in [9.17, 15) is 10.1 Å². The van der Waals surface area contributed by atoms with Gasteiger partial charge in [0, 0.05) is 21.2 Å². The number of hydrogen-bond donors (Lipinski definition) is 0. The molecule has 3 rings (SSSR count). The standard InChI is InChI=1S/C18H9Cl4N3O/c19-11-3-1-10(2-4-11)17-13(7-8-23)16(18(22)26)24-25(17)15-6-5-12(20)9-14(15)21/h1-6,9H,7H2. The van der Waals surface area contributed by atoms with E-state index in [0.29, 0.717) is 37.6 Å². The molecule has 0 fully saturated rings. The minimum absolute atomic E-state index is 0.00387. The van der Waals surface area contributed by atoms with E-state index in [4.69, 9.17) is 46.4 Å². The number of aromatic nitrogens is 2. The Morgan fingerprint density at radius 1 is 1.08 bits per heavy atom. The fourth-order valence-electron chi connectivity index (χ4n) is 2.59. The van der Waals surface area contributed by atoms with Gasteiger partial charge in [-0.15, -0.1) is 0 Å². The van der Waals surface area contributed by atoms with Crippen LogP contribution in [0.5, 0.6) is 0 Å². The van der Waals surface area contributed by atoms with Crippen LogP contribution in [0.3, 0.4) is 0 Å². The third-order valence-corrected chi connectivity index (χ3v) is 4.65. The maximum absolute atomic E-state index is 11.9. The molecule has 1 heterocycles. The number of nitriles is 1. The Hall–Kier alpha value is -2.03. The zero-order chi connectivity index (χ0) is 18.8. The minimum atomic E-state index is -0.755. The number of carbonyl (C=O) groups excluding carboxylic acids is 1. The molecule has 0 N–H and O–H groups in total. The van der Waals surface area contributed by atoms with Gasteiger partial charge in [-0.1, -0.05) is 46.9 Å². The average molecular weight is 425 g/mol. The van der Waals surface area contributed by atoms with Crippen LogP contribution in [0.25, 0.3) is 16.9 Å². The van der Waals surface area contributed by atoms with Crippen molar-refractivity contribution >= 4 is 51.6 Å². The molecule has 8 heteroatoms. The molecular formula is C18H9Cl4N3O. The first-order chi connectivity index (χ1) is 12.4. The number of carbonyl (C=O) groups is 1. The molecule has 0 amide bonds. The maximum Gasteiger partial charge on any atom is 0.273 e. The number of rotatable bonds is 4. The first-order valence-corrected chi connectivity index (χ1v) is 8.83. The van der Waals surface area contributed by atoms with Gasteiger partial charge in [0.05, 0.1) is 28.9 Å². The van der Waals surface area contributed by atoms with Gasteiger partial charge >= 0.3 is 0 Å². The van der Waals surface area contributed by atoms with Crippen LogP contribution in [-0.4, -0.2) is 15.0 Å². The third-order valence-electron chi connectivity index (χ3n) is 3.68. The zero-order valence-electron chi connectivity index (χ0n) is 13.0. The molecule has 4 nitrogen and oxygen atoms in total. The monoisotopic (exact) mass is 423 g/mol. The smallest absolute Gasteiger partial charge is 0.273 e. The summed E-state index contributed by atoms with van der Waals surface area (Å²) in [6.45, 7) is 0. The Bertz CT molecular complexity index is 1040. The molecule has 0 unspecified atom stereocenters. The van der Waals surface area contributed by atoms with Crippen LogP contribution in [0.2, 0.25) is 15.1 Å². The first-order valence-electron chi connectivity index (χ1n) is 7.32. The largest absolute Gasteiger partial charge is 0.274 e. The molecule has 0 saturated heterocycles. The number of hydrogen-bond acceptors (Lipinski definition) is 3. The number of nitrogens with zero attached hydrogens (tertiary/aromatic N) is 3. The van der Waals surface area contributed by atoms with Crippen LogP contribution in [0.1, 0.15) is 16.1 Å². The molecule has 0 spiro atoms. The van der Waals surface area contributed by atoms with E-state index in [1.54, 1.807) is 42.5 Å². The summed E-state index contributed by atoms with van der Waals surface area (Å²) >= 11 is 24.0. The van der Waals surface area contributed by atoms with Gasteiger partial charge in [-0.05, 0) is 41.9 Å². The van der Waals surface area contributed by atoms with Crippen molar-refractivity contribution in [1.29, 1.82) is 5.26 Å². The van der Waals surface area contributed by atoms with Crippen molar-refractivity contribution in [3.05, 3.63) is 68.8 Å². The molecule has 3 aromatic rings. The van der Waals surface area contributed by atoms with Crippen LogP contribution in [0.4, 0.5) is 0 Å². The van der Waals surface area contributed by atoms with Crippen molar-refractivity contribution < 1.29 is 4.79 Å². The summed E-state index contributed by atoms with van der Waals surface area (Å²) in [5, 5.41) is 14.1. The van der Waals surface area contributed by atoms with Crippen LogP contribution in [0.15, 0.2) is 42.5 Å². The van der Waals surface area contributed by atoms with Crippen molar-refractivity contribution in [2.24, 2.45) is 0 Å². The van der Waals surface area contributed by atoms with Crippen molar-refractivity contribution in [2.45, 2.75) is 6.42 Å². The summed E-state index contributed by atoms with van der Waals surface area (Å²) in [6.07, 6.45) is -0.0447. The number of benzene rings is 2. The second-order valence-electron chi connectivity index (χ2n) is 5.30. The van der Waals surface area contributed by atoms with E-state index >= 15 is 0 Å². The lowest BCUT2D eigenvalue weighted by Crippen LogP contribution is -2.01. The Morgan fingerprint density at radius 2 is 1.73 bits per heavy atom. The second kappa shape index (κ2) is 7.69. The van der Waals surface area contributed by atoms with Crippen LogP contribution in [0, 0.1) is 11.3 Å². The zero-order valence-corrected chi connectivity index (χ0v) is 16.0. The molecule has 130 valence electrons. The van der Waals surface area contributed by atoms with E-state index in [-0.39, 0.29) is 12.1 Å². The van der Waals surface area contributed by atoms with Gasteiger partial charge < -0.3 is 0 Å². The predicted molar refractivity (Wildman–Crippen MR) is 104 cm³/mol. The molecule has 0 bridgehead atoms. The van der Waals surface area contributed by atoms with Crippen LogP contribution in [-0.2, 0) is 6.42 Å². The van der Waals surface area contributed by atoms with Gasteiger partial charge in [-0.3, -0.25) is 4.79 Å². The minimum Gasteiger partial charge on any atom is -0.274 e. The van der Waals surface area contributed by atoms with Crippen molar-refractivity contribution in [1.82, 2.24) is 9.78 Å². The molecule has 1 aromatic heterocycles. The summed E-state index contributed by atoms with van der Waals surface area (Å²) in [6, 6.07) is 13.9. The molecule has 0 radical (unpaired) electrons. The molecular weight excluding hydrogens is 416 g/mol. The Kier molecular flexibility index (Phi) is 5.55. The second-order valence-corrected chi connectivity index (χ2v) is 6.92. The Labute approximate surface area is 169 Å². The van der Waals surface area contributed by atoms with E-state index in [0.717, 1.165) is 0 Å². The maximum atomic E-state index is 11.9. The van der Waals surface area contributed by atoms with Gasteiger partial charge in [0.15, 0.2) is 0 Å². The topological polar surface area (TPSA) is 58.7 Å². The summed E-state index contributed by atoms with van der Waals surface area (Å²) in [4.78, 5) is 11.9. The molecule has 2 aromatic carbocycles. The van der Waals surface area contributed by atoms with Gasteiger partial charge in [0.25, 0.3) is 5.24 Å². The molecule has 0 aliphatic carbocycles. The highest BCUT2D eigenvalue weighted by Gasteiger charge is 2.24. The van der Waals surface area contributed by atoms with E-state index in [1.807, 2.05) is 6.07 Å². The van der Waals surface area contributed by atoms with Crippen molar-refractivity contribution in [3.8, 4) is 23.0 Å². The average Bonchev–Trinajstić information content (AvgIpc) is 2.95.